The standard InChI is InChI=1S/C18H20N4OS/c1-2-8-16-15(7-1)17(19-12-14-6-4-10-24-14)22-18(21-16)20-11-13-5-3-9-23-13/h1-2,4,6-8,10,13H,3,5,9,11-12H2,(H2,19,20,21,22). The number of para-hydroxylation sites is 1. The molecule has 6 heteroatoms. The van der Waals surface area contributed by atoms with Crippen molar-refractivity contribution in [2.45, 2.75) is 25.5 Å². The zero-order chi connectivity index (χ0) is 16.2. The Labute approximate surface area is 145 Å². The molecule has 4 rings (SSSR count). The number of ether oxygens (including phenoxy) is 1. The van der Waals surface area contributed by atoms with Gasteiger partial charge in [-0.3, -0.25) is 0 Å². The summed E-state index contributed by atoms with van der Waals surface area (Å²) in [6, 6.07) is 12.3. The zero-order valence-electron chi connectivity index (χ0n) is 13.4. The summed E-state index contributed by atoms with van der Waals surface area (Å²) < 4.78 is 5.66. The third-order valence-electron chi connectivity index (χ3n) is 4.13. The fourth-order valence-electron chi connectivity index (χ4n) is 2.88. The van der Waals surface area contributed by atoms with E-state index in [0.29, 0.717) is 5.95 Å². The van der Waals surface area contributed by atoms with Crippen LogP contribution >= 0.6 is 11.3 Å². The van der Waals surface area contributed by atoms with Crippen molar-refractivity contribution < 1.29 is 4.74 Å². The largest absolute Gasteiger partial charge is 0.376 e. The molecule has 1 unspecified atom stereocenters. The molecule has 2 N–H and O–H groups in total. The highest BCUT2D eigenvalue weighted by atomic mass is 32.1. The Kier molecular flexibility index (Phi) is 4.57. The van der Waals surface area contributed by atoms with Crippen LogP contribution in [-0.4, -0.2) is 29.2 Å². The van der Waals surface area contributed by atoms with Gasteiger partial charge in [-0.1, -0.05) is 18.2 Å². The minimum atomic E-state index is 0.266. The maximum Gasteiger partial charge on any atom is 0.225 e. The number of nitrogens with one attached hydrogen (secondary N) is 2. The second-order valence-electron chi connectivity index (χ2n) is 5.86. The van der Waals surface area contributed by atoms with Crippen molar-refractivity contribution in [1.82, 2.24) is 9.97 Å². The summed E-state index contributed by atoms with van der Waals surface area (Å²) in [7, 11) is 0. The first-order chi connectivity index (χ1) is 11.9. The third-order valence-corrected chi connectivity index (χ3v) is 5.00. The van der Waals surface area contributed by atoms with Gasteiger partial charge in [0.25, 0.3) is 0 Å². The molecule has 0 aliphatic carbocycles. The van der Waals surface area contributed by atoms with E-state index >= 15 is 0 Å². The van der Waals surface area contributed by atoms with Crippen molar-refractivity contribution in [2.75, 3.05) is 23.8 Å². The predicted octanol–water partition coefficient (Wildman–Crippen LogP) is 3.89. The number of thiophene rings is 1. The van der Waals surface area contributed by atoms with E-state index in [-0.39, 0.29) is 6.10 Å². The summed E-state index contributed by atoms with van der Waals surface area (Å²) >= 11 is 1.74. The Morgan fingerprint density at radius 2 is 2.08 bits per heavy atom. The molecule has 5 nitrogen and oxygen atoms in total. The van der Waals surface area contributed by atoms with E-state index in [1.165, 1.54) is 4.88 Å². The van der Waals surface area contributed by atoms with E-state index in [9.17, 15) is 0 Å². The average Bonchev–Trinajstić information content (AvgIpc) is 3.31. The molecule has 1 aliphatic heterocycles. The summed E-state index contributed by atoms with van der Waals surface area (Å²) in [6.45, 7) is 2.38. The Morgan fingerprint density at radius 1 is 1.12 bits per heavy atom. The number of anilines is 2. The number of hydrogen-bond donors (Lipinski definition) is 2. The third kappa shape index (κ3) is 3.49. The fourth-order valence-corrected chi connectivity index (χ4v) is 3.53. The van der Waals surface area contributed by atoms with E-state index < -0.39 is 0 Å². The molecule has 0 bridgehead atoms. The van der Waals surface area contributed by atoms with Crippen LogP contribution < -0.4 is 10.6 Å². The number of rotatable bonds is 6. The Balaban J connectivity index is 1.55. The molecule has 3 aromatic rings. The van der Waals surface area contributed by atoms with Gasteiger partial charge in [0.05, 0.1) is 18.2 Å². The molecule has 1 saturated heterocycles. The molecule has 0 amide bonds. The van der Waals surface area contributed by atoms with Gasteiger partial charge in [-0.05, 0) is 36.4 Å². The van der Waals surface area contributed by atoms with Crippen LogP contribution in [0.3, 0.4) is 0 Å². The molecule has 0 spiro atoms. The zero-order valence-corrected chi connectivity index (χ0v) is 14.2. The fraction of sp³-hybridized carbons (Fsp3) is 0.333. The van der Waals surface area contributed by atoms with E-state index in [1.54, 1.807) is 11.3 Å². The van der Waals surface area contributed by atoms with Gasteiger partial charge in [0, 0.05) is 23.4 Å². The summed E-state index contributed by atoms with van der Waals surface area (Å²) in [5, 5.41) is 9.90. The molecular weight excluding hydrogens is 320 g/mol. The van der Waals surface area contributed by atoms with Gasteiger partial charge in [0.1, 0.15) is 5.82 Å². The first kappa shape index (κ1) is 15.4. The van der Waals surface area contributed by atoms with Crippen LogP contribution in [0, 0.1) is 0 Å². The molecule has 1 fully saturated rings. The molecule has 0 saturated carbocycles. The second kappa shape index (κ2) is 7.15. The quantitative estimate of drug-likeness (QED) is 0.713. The van der Waals surface area contributed by atoms with E-state index in [2.05, 4.69) is 44.2 Å². The molecule has 0 radical (unpaired) electrons. The van der Waals surface area contributed by atoms with Crippen LogP contribution in [0.2, 0.25) is 0 Å². The number of hydrogen-bond acceptors (Lipinski definition) is 6. The Hall–Kier alpha value is -2.18. The van der Waals surface area contributed by atoms with Crippen molar-refractivity contribution in [2.24, 2.45) is 0 Å². The van der Waals surface area contributed by atoms with Crippen LogP contribution in [0.25, 0.3) is 10.9 Å². The normalized spacial score (nSPS) is 17.2. The highest BCUT2D eigenvalue weighted by Crippen LogP contribution is 2.23. The molecule has 2 aromatic heterocycles. The van der Waals surface area contributed by atoms with E-state index in [0.717, 1.165) is 49.3 Å². The lowest BCUT2D eigenvalue weighted by Gasteiger charge is -2.13. The number of aromatic nitrogens is 2. The van der Waals surface area contributed by atoms with Crippen molar-refractivity contribution >= 4 is 34.0 Å². The molecule has 3 heterocycles. The number of benzene rings is 1. The lowest BCUT2D eigenvalue weighted by molar-refractivity contribution is 0.120. The Bertz CT molecular complexity index is 800. The first-order valence-electron chi connectivity index (χ1n) is 8.27. The maximum atomic E-state index is 5.66. The van der Waals surface area contributed by atoms with Crippen LogP contribution in [0.1, 0.15) is 17.7 Å². The first-order valence-corrected chi connectivity index (χ1v) is 9.15. The minimum Gasteiger partial charge on any atom is -0.376 e. The smallest absolute Gasteiger partial charge is 0.225 e. The summed E-state index contributed by atoms with van der Waals surface area (Å²) in [6.07, 6.45) is 2.50. The van der Waals surface area contributed by atoms with Gasteiger partial charge in [0.2, 0.25) is 5.95 Å². The van der Waals surface area contributed by atoms with Crippen LogP contribution in [0.15, 0.2) is 41.8 Å². The van der Waals surface area contributed by atoms with Gasteiger partial charge in [-0.2, -0.15) is 4.98 Å². The topological polar surface area (TPSA) is 59.1 Å². The molecule has 1 atom stereocenters. The second-order valence-corrected chi connectivity index (χ2v) is 6.89. The van der Waals surface area contributed by atoms with Crippen molar-refractivity contribution in [3.8, 4) is 0 Å². The number of fused-ring (bicyclic) bond motifs is 1. The van der Waals surface area contributed by atoms with Crippen molar-refractivity contribution in [3.63, 3.8) is 0 Å². The lowest BCUT2D eigenvalue weighted by atomic mass is 10.2. The Morgan fingerprint density at radius 3 is 2.92 bits per heavy atom. The molecule has 1 aromatic carbocycles. The van der Waals surface area contributed by atoms with Crippen LogP contribution in [0.4, 0.5) is 11.8 Å². The predicted molar refractivity (Wildman–Crippen MR) is 98.6 cm³/mol. The molecule has 124 valence electrons. The highest BCUT2D eigenvalue weighted by molar-refractivity contribution is 7.09. The summed E-state index contributed by atoms with van der Waals surface area (Å²) in [4.78, 5) is 10.6. The lowest BCUT2D eigenvalue weighted by Crippen LogP contribution is -2.20. The monoisotopic (exact) mass is 340 g/mol. The van der Waals surface area contributed by atoms with Gasteiger partial charge in [-0.15, -0.1) is 11.3 Å². The van der Waals surface area contributed by atoms with E-state index in [1.807, 2.05) is 18.2 Å². The van der Waals surface area contributed by atoms with Crippen molar-refractivity contribution in [3.05, 3.63) is 46.7 Å². The summed E-state index contributed by atoms with van der Waals surface area (Å²) in [5.74, 6) is 1.52. The summed E-state index contributed by atoms with van der Waals surface area (Å²) in [5.41, 5.74) is 0.941. The van der Waals surface area contributed by atoms with Crippen LogP contribution in [-0.2, 0) is 11.3 Å². The van der Waals surface area contributed by atoms with Crippen LogP contribution in [0.5, 0.6) is 0 Å². The molecular formula is C18H20N4OS. The SMILES string of the molecule is c1csc(CNc2nc(NCC3CCCO3)nc3ccccc23)c1. The van der Waals surface area contributed by atoms with Gasteiger partial charge in [0.15, 0.2) is 0 Å². The average molecular weight is 340 g/mol. The van der Waals surface area contributed by atoms with Crippen molar-refractivity contribution in [1.29, 1.82) is 0 Å². The number of nitrogens with zero attached hydrogens (tertiary/aromatic N) is 2. The minimum absolute atomic E-state index is 0.266. The highest BCUT2D eigenvalue weighted by Gasteiger charge is 2.16. The van der Waals surface area contributed by atoms with Gasteiger partial charge in [-0.25, -0.2) is 4.98 Å². The van der Waals surface area contributed by atoms with Gasteiger partial charge < -0.3 is 15.4 Å². The van der Waals surface area contributed by atoms with Gasteiger partial charge >= 0.3 is 0 Å². The molecule has 1 aliphatic rings. The molecule has 24 heavy (non-hydrogen) atoms. The van der Waals surface area contributed by atoms with E-state index in [4.69, 9.17) is 4.74 Å². The maximum absolute atomic E-state index is 5.66.